The molecule has 1 heterocycles. The summed E-state index contributed by atoms with van der Waals surface area (Å²) >= 11 is 0. The van der Waals surface area contributed by atoms with Crippen LogP contribution in [0.15, 0.2) is 84.7 Å². The smallest absolute Gasteiger partial charge is 0.315 e. The Morgan fingerprint density at radius 3 is 2.17 bits per heavy atom. The van der Waals surface area contributed by atoms with E-state index in [0.29, 0.717) is 39.1 Å². The number of hydrogen-bond donors (Lipinski definition) is 2. The summed E-state index contributed by atoms with van der Waals surface area (Å²) in [6.45, 7) is 4.95. The first-order valence-electron chi connectivity index (χ1n) is 12.3. The van der Waals surface area contributed by atoms with Crippen LogP contribution in [-0.2, 0) is 4.79 Å². The maximum Gasteiger partial charge on any atom is 0.315 e. The summed E-state index contributed by atoms with van der Waals surface area (Å²) in [5.41, 5.74) is 2.13. The molecule has 3 atom stereocenters. The van der Waals surface area contributed by atoms with Crippen molar-refractivity contribution >= 4 is 11.9 Å². The van der Waals surface area contributed by atoms with E-state index >= 15 is 0 Å². The number of carbonyl (C=O) groups is 2. The zero-order chi connectivity index (χ0) is 24.6. The molecule has 0 radical (unpaired) electrons. The minimum Gasteiger partial charge on any atom is -0.340 e. The summed E-state index contributed by atoms with van der Waals surface area (Å²) in [6.07, 6.45) is 4.92. The second kappa shape index (κ2) is 11.8. The molecule has 1 fully saturated rings. The second-order valence-electron chi connectivity index (χ2n) is 8.90. The van der Waals surface area contributed by atoms with Crippen molar-refractivity contribution in [2.24, 2.45) is 5.92 Å². The van der Waals surface area contributed by atoms with Crippen LogP contribution in [0.5, 0.6) is 0 Å². The number of rotatable bonds is 7. The van der Waals surface area contributed by atoms with Crippen molar-refractivity contribution in [2.45, 2.75) is 25.4 Å². The molecule has 1 aliphatic heterocycles. The van der Waals surface area contributed by atoms with Crippen molar-refractivity contribution in [3.63, 3.8) is 0 Å². The normalized spacial score (nSPS) is 20.0. The molecule has 1 aliphatic carbocycles. The van der Waals surface area contributed by atoms with Gasteiger partial charge in [-0.25, -0.2) is 9.18 Å². The molecule has 3 amide bonds. The largest absolute Gasteiger partial charge is 0.340 e. The average molecular weight is 477 g/mol. The number of halogens is 1. The van der Waals surface area contributed by atoms with Crippen LogP contribution in [-0.4, -0.2) is 54.5 Å². The topological polar surface area (TPSA) is 64.7 Å². The molecule has 6 nitrogen and oxygen atoms in total. The minimum absolute atomic E-state index is 0.0426. The highest BCUT2D eigenvalue weighted by atomic mass is 19.1. The lowest BCUT2D eigenvalue weighted by Gasteiger charge is -2.43. The van der Waals surface area contributed by atoms with Gasteiger partial charge >= 0.3 is 6.03 Å². The Morgan fingerprint density at radius 2 is 1.60 bits per heavy atom. The van der Waals surface area contributed by atoms with E-state index in [2.05, 4.69) is 27.7 Å². The van der Waals surface area contributed by atoms with Gasteiger partial charge in [0.1, 0.15) is 5.83 Å². The van der Waals surface area contributed by atoms with Gasteiger partial charge < -0.3 is 15.5 Å². The summed E-state index contributed by atoms with van der Waals surface area (Å²) < 4.78 is 13.3. The van der Waals surface area contributed by atoms with Gasteiger partial charge in [-0.15, -0.1) is 0 Å². The lowest BCUT2D eigenvalue weighted by atomic mass is 9.91. The number of amides is 3. The monoisotopic (exact) mass is 476 g/mol. The molecule has 7 heteroatoms. The number of urea groups is 1. The summed E-state index contributed by atoms with van der Waals surface area (Å²) in [5.74, 6) is -0.542. The molecule has 0 saturated carbocycles. The molecule has 4 rings (SSSR count). The van der Waals surface area contributed by atoms with Crippen LogP contribution in [0, 0.1) is 5.92 Å². The standard InChI is InChI=1S/C28H33FN4O2/c1-2-30-28(35)31-25(21-9-5-3-6-10-21)26(22-11-7-4-8-12-22)32-17-19-33(20-18-32)27(34)23-13-15-24(29)16-14-23/h3-13,15-16,23,25-26H,2,14,17-20H2,1H3,(H2,30,31,35). The number of piperazine rings is 1. The van der Waals surface area contributed by atoms with E-state index < -0.39 is 0 Å². The Bertz CT molecular complexity index is 1050. The Morgan fingerprint density at radius 1 is 0.971 bits per heavy atom. The van der Waals surface area contributed by atoms with E-state index in [9.17, 15) is 14.0 Å². The fraction of sp³-hybridized carbons (Fsp3) is 0.357. The minimum atomic E-state index is -0.303. The van der Waals surface area contributed by atoms with E-state index in [0.717, 1.165) is 11.1 Å². The van der Waals surface area contributed by atoms with Crippen molar-refractivity contribution < 1.29 is 14.0 Å². The lowest BCUT2D eigenvalue weighted by molar-refractivity contribution is -0.136. The van der Waals surface area contributed by atoms with Crippen molar-refractivity contribution in [1.29, 1.82) is 0 Å². The fourth-order valence-electron chi connectivity index (χ4n) is 4.85. The van der Waals surface area contributed by atoms with E-state index in [4.69, 9.17) is 0 Å². The van der Waals surface area contributed by atoms with Gasteiger partial charge in [0, 0.05) is 32.7 Å². The summed E-state index contributed by atoms with van der Waals surface area (Å²) in [6, 6.07) is 19.6. The number of allylic oxidation sites excluding steroid dienone is 3. The second-order valence-corrected chi connectivity index (χ2v) is 8.90. The quantitative estimate of drug-likeness (QED) is 0.624. The van der Waals surface area contributed by atoms with Crippen molar-refractivity contribution in [1.82, 2.24) is 20.4 Å². The molecule has 2 aromatic carbocycles. The first-order chi connectivity index (χ1) is 17.1. The van der Waals surface area contributed by atoms with Crippen LogP contribution in [0.25, 0.3) is 0 Å². The van der Waals surface area contributed by atoms with Crippen LogP contribution < -0.4 is 10.6 Å². The fourth-order valence-corrected chi connectivity index (χ4v) is 4.85. The maximum atomic E-state index is 13.3. The molecule has 2 aliphatic rings. The Labute approximate surface area is 206 Å². The van der Waals surface area contributed by atoms with Crippen molar-refractivity contribution in [3.05, 3.63) is 95.8 Å². The molecule has 3 unspecified atom stereocenters. The van der Waals surface area contributed by atoms with E-state index in [-0.39, 0.29) is 35.8 Å². The molecule has 0 aromatic heterocycles. The predicted molar refractivity (Wildman–Crippen MR) is 135 cm³/mol. The van der Waals surface area contributed by atoms with E-state index in [1.54, 1.807) is 6.08 Å². The third-order valence-electron chi connectivity index (χ3n) is 6.63. The zero-order valence-electron chi connectivity index (χ0n) is 20.1. The Hall–Kier alpha value is -3.45. The summed E-state index contributed by atoms with van der Waals surface area (Å²) in [7, 11) is 0. The van der Waals surface area contributed by atoms with Crippen molar-refractivity contribution in [2.75, 3.05) is 32.7 Å². The third-order valence-corrected chi connectivity index (χ3v) is 6.63. The molecule has 1 saturated heterocycles. The maximum absolute atomic E-state index is 13.3. The number of nitrogens with one attached hydrogen (secondary N) is 2. The van der Waals surface area contributed by atoms with Crippen LogP contribution in [0.3, 0.4) is 0 Å². The van der Waals surface area contributed by atoms with Gasteiger partial charge in [-0.05, 0) is 36.6 Å². The SMILES string of the molecule is CCNC(=O)NC(c1ccccc1)C(c1ccccc1)N1CCN(C(=O)C2C=CC(F)=CC2)CC1. The van der Waals surface area contributed by atoms with Gasteiger partial charge in [0.25, 0.3) is 0 Å². The van der Waals surface area contributed by atoms with Crippen molar-refractivity contribution in [3.8, 4) is 0 Å². The molecular formula is C28H33FN4O2. The number of hydrogen-bond acceptors (Lipinski definition) is 3. The zero-order valence-corrected chi connectivity index (χ0v) is 20.1. The lowest BCUT2D eigenvalue weighted by Crippen LogP contribution is -2.53. The molecule has 35 heavy (non-hydrogen) atoms. The summed E-state index contributed by atoms with van der Waals surface area (Å²) in [5, 5.41) is 6.05. The molecule has 2 aromatic rings. The molecular weight excluding hydrogens is 443 g/mol. The van der Waals surface area contributed by atoms with Gasteiger partial charge in [-0.3, -0.25) is 9.69 Å². The summed E-state index contributed by atoms with van der Waals surface area (Å²) in [4.78, 5) is 29.9. The number of nitrogens with zero attached hydrogens (tertiary/aromatic N) is 2. The molecule has 0 bridgehead atoms. The van der Waals surface area contributed by atoms with Crippen LogP contribution in [0.4, 0.5) is 9.18 Å². The first-order valence-corrected chi connectivity index (χ1v) is 12.3. The van der Waals surface area contributed by atoms with Crippen LogP contribution in [0.2, 0.25) is 0 Å². The average Bonchev–Trinajstić information content (AvgIpc) is 2.90. The van der Waals surface area contributed by atoms with Gasteiger partial charge in [0.15, 0.2) is 0 Å². The van der Waals surface area contributed by atoms with E-state index in [1.165, 1.54) is 12.2 Å². The highest BCUT2D eigenvalue weighted by molar-refractivity contribution is 5.81. The highest BCUT2D eigenvalue weighted by Crippen LogP contribution is 2.35. The number of benzene rings is 2. The molecule has 2 N–H and O–H groups in total. The highest BCUT2D eigenvalue weighted by Gasteiger charge is 2.35. The Balaban J connectivity index is 1.55. The van der Waals surface area contributed by atoms with Gasteiger partial charge in [0.05, 0.1) is 18.0 Å². The molecule has 184 valence electrons. The van der Waals surface area contributed by atoms with Crippen LogP contribution in [0.1, 0.15) is 36.6 Å². The molecule has 0 spiro atoms. The first kappa shape index (κ1) is 24.7. The third kappa shape index (κ3) is 6.17. The van der Waals surface area contributed by atoms with Gasteiger partial charge in [-0.1, -0.05) is 66.7 Å². The predicted octanol–water partition coefficient (Wildman–Crippen LogP) is 4.36. The van der Waals surface area contributed by atoms with Gasteiger partial charge in [-0.2, -0.15) is 0 Å². The number of carbonyl (C=O) groups excluding carboxylic acids is 2. The Kier molecular flexibility index (Phi) is 8.32. The van der Waals surface area contributed by atoms with Gasteiger partial charge in [0.2, 0.25) is 5.91 Å². The van der Waals surface area contributed by atoms with E-state index in [1.807, 2.05) is 60.4 Å². The van der Waals surface area contributed by atoms with Crippen LogP contribution >= 0.6 is 0 Å².